The summed E-state index contributed by atoms with van der Waals surface area (Å²) >= 11 is 1.83. The number of fused-ring (bicyclic) bond motifs is 3. The molecule has 190 valence electrons. The topological polar surface area (TPSA) is 28.1 Å². The highest BCUT2D eigenvalue weighted by Gasteiger charge is 2.10. The van der Waals surface area contributed by atoms with Gasteiger partial charge in [-0.05, 0) is 93.0 Å². The molecule has 0 aliphatic carbocycles. The van der Waals surface area contributed by atoms with Crippen molar-refractivity contribution in [2.45, 2.75) is 0 Å². The minimum absolute atomic E-state index is 0.611. The second-order valence-corrected chi connectivity index (χ2v) is 11.1. The monoisotopic (exact) mass is 538 g/mol. The third-order valence-electron chi connectivity index (χ3n) is 7.50. The van der Waals surface area contributed by atoms with Gasteiger partial charge in [-0.15, -0.1) is 11.3 Å². The van der Waals surface area contributed by atoms with Crippen LogP contribution in [0.4, 0.5) is 5.69 Å². The van der Waals surface area contributed by atoms with E-state index in [1.165, 1.54) is 25.7 Å². The average molecular weight is 539 g/mol. The van der Waals surface area contributed by atoms with Crippen molar-refractivity contribution in [1.29, 1.82) is 5.26 Å². The molecular formula is C38H22N2S. The Bertz CT molecular complexity index is 2170. The number of benzene rings is 6. The second-order valence-electron chi connectivity index (χ2n) is 10.0. The molecule has 3 heteroatoms. The van der Waals surface area contributed by atoms with Crippen LogP contribution in [0.25, 0.3) is 69.5 Å². The van der Waals surface area contributed by atoms with Crippen LogP contribution in [-0.4, -0.2) is 0 Å². The largest absolute Gasteiger partial charge is 0.238 e. The standard InChI is InChI=1S/C38H22N2S/c1-40-34-21-32(27-14-12-26(13-15-27)28-7-4-6-25(18-28)24-39)20-33(22-34)30-9-5-8-29(19-30)31-16-17-36-35-10-2-3-11-37(35)41-38(36)23-31/h2-23H. The van der Waals surface area contributed by atoms with E-state index in [-0.39, 0.29) is 0 Å². The average Bonchev–Trinajstić information content (AvgIpc) is 3.42. The fourth-order valence-corrected chi connectivity index (χ4v) is 6.56. The molecule has 0 radical (unpaired) electrons. The Morgan fingerprint density at radius 3 is 1.80 bits per heavy atom. The van der Waals surface area contributed by atoms with E-state index in [1.54, 1.807) is 0 Å². The van der Waals surface area contributed by atoms with Gasteiger partial charge in [0.1, 0.15) is 0 Å². The summed E-state index contributed by atoms with van der Waals surface area (Å²) in [6.45, 7) is 7.75. The van der Waals surface area contributed by atoms with Crippen molar-refractivity contribution in [3.8, 4) is 50.6 Å². The second kappa shape index (κ2) is 10.2. The molecule has 0 unspecified atom stereocenters. The van der Waals surface area contributed by atoms with E-state index in [1.807, 2.05) is 47.7 Å². The Labute approximate surface area is 242 Å². The molecule has 0 N–H and O–H groups in total. The molecule has 0 fully saturated rings. The number of hydrogen-bond acceptors (Lipinski definition) is 2. The minimum Gasteiger partial charge on any atom is -0.238 e. The Morgan fingerprint density at radius 2 is 1.05 bits per heavy atom. The first-order valence-corrected chi connectivity index (χ1v) is 14.2. The van der Waals surface area contributed by atoms with Gasteiger partial charge in [0.15, 0.2) is 5.69 Å². The van der Waals surface area contributed by atoms with Gasteiger partial charge in [0.25, 0.3) is 0 Å². The lowest BCUT2D eigenvalue weighted by Gasteiger charge is -2.11. The van der Waals surface area contributed by atoms with Gasteiger partial charge in [-0.3, -0.25) is 0 Å². The number of rotatable bonds is 4. The van der Waals surface area contributed by atoms with E-state index in [0.29, 0.717) is 11.3 Å². The maximum absolute atomic E-state index is 9.25. The van der Waals surface area contributed by atoms with Gasteiger partial charge in [-0.1, -0.05) is 84.9 Å². The quantitative estimate of drug-likeness (QED) is 0.205. The van der Waals surface area contributed by atoms with Crippen molar-refractivity contribution in [2.75, 3.05) is 0 Å². The Kier molecular flexibility index (Phi) is 6.14. The molecule has 1 heterocycles. The molecule has 0 aliphatic heterocycles. The molecule has 0 aliphatic rings. The van der Waals surface area contributed by atoms with Gasteiger partial charge < -0.3 is 0 Å². The molecule has 0 spiro atoms. The molecule has 0 saturated heterocycles. The predicted octanol–water partition coefficient (Wildman–Crippen LogP) is 11.1. The zero-order valence-electron chi connectivity index (χ0n) is 22.0. The highest BCUT2D eigenvalue weighted by atomic mass is 32.1. The van der Waals surface area contributed by atoms with Crippen LogP contribution in [0.5, 0.6) is 0 Å². The summed E-state index contributed by atoms with van der Waals surface area (Å²) in [5.74, 6) is 0. The van der Waals surface area contributed by atoms with Crippen molar-refractivity contribution >= 4 is 37.2 Å². The number of hydrogen-bond donors (Lipinski definition) is 0. The van der Waals surface area contributed by atoms with Crippen molar-refractivity contribution in [1.82, 2.24) is 0 Å². The van der Waals surface area contributed by atoms with Crippen molar-refractivity contribution in [2.24, 2.45) is 0 Å². The molecule has 1 aromatic heterocycles. The maximum Gasteiger partial charge on any atom is 0.188 e. The highest BCUT2D eigenvalue weighted by molar-refractivity contribution is 7.25. The molecule has 0 amide bonds. The van der Waals surface area contributed by atoms with Gasteiger partial charge >= 0.3 is 0 Å². The zero-order chi connectivity index (χ0) is 27.8. The van der Waals surface area contributed by atoms with Crippen LogP contribution in [0, 0.1) is 17.9 Å². The molecule has 7 aromatic rings. The Balaban J connectivity index is 1.25. The Morgan fingerprint density at radius 1 is 0.488 bits per heavy atom. The highest BCUT2D eigenvalue weighted by Crippen LogP contribution is 2.38. The third kappa shape index (κ3) is 4.66. The van der Waals surface area contributed by atoms with E-state index in [4.69, 9.17) is 6.57 Å². The summed E-state index contributed by atoms with van der Waals surface area (Å²) in [4.78, 5) is 3.78. The first kappa shape index (κ1) is 24.6. The van der Waals surface area contributed by atoms with Gasteiger partial charge in [0, 0.05) is 20.2 Å². The third-order valence-corrected chi connectivity index (χ3v) is 8.63. The van der Waals surface area contributed by atoms with Gasteiger partial charge in [-0.25, -0.2) is 4.85 Å². The molecule has 2 nitrogen and oxygen atoms in total. The fraction of sp³-hybridized carbons (Fsp3) is 0. The molecule has 6 aromatic carbocycles. The maximum atomic E-state index is 9.25. The lowest BCUT2D eigenvalue weighted by molar-refractivity contribution is 1.48. The van der Waals surface area contributed by atoms with Crippen LogP contribution >= 0.6 is 11.3 Å². The van der Waals surface area contributed by atoms with E-state index in [0.717, 1.165) is 38.9 Å². The molecular weight excluding hydrogens is 516 g/mol. The normalized spacial score (nSPS) is 10.9. The summed E-state index contributed by atoms with van der Waals surface area (Å²) < 4.78 is 2.59. The molecule has 41 heavy (non-hydrogen) atoms. The summed E-state index contributed by atoms with van der Waals surface area (Å²) in [7, 11) is 0. The van der Waals surface area contributed by atoms with Crippen LogP contribution < -0.4 is 0 Å². The van der Waals surface area contributed by atoms with Crippen LogP contribution in [0.2, 0.25) is 0 Å². The van der Waals surface area contributed by atoms with Gasteiger partial charge in [-0.2, -0.15) is 5.26 Å². The van der Waals surface area contributed by atoms with E-state index in [2.05, 4.69) is 108 Å². The first-order valence-electron chi connectivity index (χ1n) is 13.3. The fourth-order valence-electron chi connectivity index (χ4n) is 5.42. The van der Waals surface area contributed by atoms with Crippen LogP contribution in [0.3, 0.4) is 0 Å². The van der Waals surface area contributed by atoms with Crippen LogP contribution in [-0.2, 0) is 0 Å². The zero-order valence-corrected chi connectivity index (χ0v) is 22.8. The SMILES string of the molecule is [C-]#[N+]c1cc(-c2ccc(-c3cccc(C#N)c3)cc2)cc(-c2cccc(-c3ccc4c(c3)sc3ccccc34)c2)c1. The minimum atomic E-state index is 0.611. The number of nitrogens with zero attached hydrogens (tertiary/aromatic N) is 2. The van der Waals surface area contributed by atoms with Crippen molar-refractivity contribution < 1.29 is 0 Å². The van der Waals surface area contributed by atoms with Gasteiger partial charge in [0.05, 0.1) is 18.2 Å². The summed E-state index contributed by atoms with van der Waals surface area (Å²) in [5.41, 5.74) is 9.80. The molecule has 0 saturated carbocycles. The van der Waals surface area contributed by atoms with Crippen LogP contribution in [0.15, 0.2) is 133 Å². The van der Waals surface area contributed by atoms with E-state index < -0.39 is 0 Å². The smallest absolute Gasteiger partial charge is 0.188 e. The summed E-state index contributed by atoms with van der Waals surface area (Å²) in [6, 6.07) is 48.1. The Hall–Kier alpha value is -5.48. The number of thiophene rings is 1. The summed E-state index contributed by atoms with van der Waals surface area (Å²) in [6.07, 6.45) is 0. The van der Waals surface area contributed by atoms with Gasteiger partial charge in [0.2, 0.25) is 0 Å². The van der Waals surface area contributed by atoms with Crippen LogP contribution in [0.1, 0.15) is 5.56 Å². The van der Waals surface area contributed by atoms with Crippen molar-refractivity contribution in [3.63, 3.8) is 0 Å². The lowest BCUT2D eigenvalue weighted by atomic mass is 9.94. The van der Waals surface area contributed by atoms with E-state index >= 15 is 0 Å². The molecule has 0 atom stereocenters. The number of nitriles is 1. The van der Waals surface area contributed by atoms with Crippen molar-refractivity contribution in [3.05, 3.63) is 150 Å². The molecule has 7 rings (SSSR count). The first-order chi connectivity index (χ1) is 20.2. The van der Waals surface area contributed by atoms with E-state index in [9.17, 15) is 5.26 Å². The lowest BCUT2D eigenvalue weighted by Crippen LogP contribution is -1.85. The predicted molar refractivity (Wildman–Crippen MR) is 172 cm³/mol. The summed E-state index contributed by atoms with van der Waals surface area (Å²) in [5, 5.41) is 11.8. The molecule has 0 bridgehead atoms.